The standard InChI is InChI=1S/C18H13F2N3O3/c19-13-2-3-15(14(20)6-13)22-9-12(7-21)18(24)23-8-11-1-4-16-17(5-11)26-10-25-16/h1-6,9,22H,8,10H2,(H,23,24)/b12-9-. The van der Waals surface area contributed by atoms with Crippen molar-refractivity contribution >= 4 is 11.6 Å². The smallest absolute Gasteiger partial charge is 0.263 e. The predicted octanol–water partition coefficient (Wildman–Crippen LogP) is 2.83. The van der Waals surface area contributed by atoms with E-state index in [9.17, 15) is 13.6 Å². The molecular formula is C18H13F2N3O3. The highest BCUT2D eigenvalue weighted by molar-refractivity contribution is 5.97. The molecule has 0 spiro atoms. The number of nitriles is 1. The normalized spacial score (nSPS) is 12.4. The van der Waals surface area contributed by atoms with E-state index in [-0.39, 0.29) is 24.6 Å². The highest BCUT2D eigenvalue weighted by atomic mass is 19.1. The summed E-state index contributed by atoms with van der Waals surface area (Å²) in [7, 11) is 0. The van der Waals surface area contributed by atoms with Gasteiger partial charge in [0.25, 0.3) is 5.91 Å². The van der Waals surface area contributed by atoms with Crippen molar-refractivity contribution in [1.82, 2.24) is 5.32 Å². The average molecular weight is 357 g/mol. The summed E-state index contributed by atoms with van der Waals surface area (Å²) >= 11 is 0. The molecule has 0 atom stereocenters. The molecule has 8 heteroatoms. The highest BCUT2D eigenvalue weighted by Gasteiger charge is 2.14. The first-order valence-electron chi connectivity index (χ1n) is 7.55. The number of fused-ring (bicyclic) bond motifs is 1. The van der Waals surface area contributed by atoms with Crippen LogP contribution in [0.15, 0.2) is 48.2 Å². The molecule has 3 rings (SSSR count). The van der Waals surface area contributed by atoms with E-state index in [1.54, 1.807) is 24.3 Å². The Labute approximate surface area is 147 Å². The number of hydrogen-bond donors (Lipinski definition) is 2. The molecule has 2 aromatic carbocycles. The Morgan fingerprint density at radius 2 is 2.00 bits per heavy atom. The van der Waals surface area contributed by atoms with Crippen molar-refractivity contribution in [3.63, 3.8) is 0 Å². The molecule has 0 aromatic heterocycles. The van der Waals surface area contributed by atoms with Crippen molar-refractivity contribution in [2.75, 3.05) is 12.1 Å². The van der Waals surface area contributed by atoms with Crippen LogP contribution in [0.1, 0.15) is 5.56 Å². The Balaban J connectivity index is 1.62. The second kappa shape index (κ2) is 7.53. The molecule has 1 amide bonds. The minimum absolute atomic E-state index is 0.0530. The molecule has 6 nitrogen and oxygen atoms in total. The van der Waals surface area contributed by atoms with Crippen LogP contribution < -0.4 is 20.1 Å². The Morgan fingerprint density at radius 1 is 1.19 bits per heavy atom. The fourth-order valence-corrected chi connectivity index (χ4v) is 2.23. The van der Waals surface area contributed by atoms with Crippen LogP contribution in [0.25, 0.3) is 0 Å². The van der Waals surface area contributed by atoms with Gasteiger partial charge in [0.2, 0.25) is 6.79 Å². The molecule has 132 valence electrons. The zero-order valence-corrected chi connectivity index (χ0v) is 13.4. The van der Waals surface area contributed by atoms with E-state index in [0.29, 0.717) is 17.6 Å². The van der Waals surface area contributed by atoms with Crippen LogP contribution in [-0.2, 0) is 11.3 Å². The summed E-state index contributed by atoms with van der Waals surface area (Å²) in [4.78, 5) is 12.1. The first-order chi connectivity index (χ1) is 12.6. The van der Waals surface area contributed by atoms with Crippen molar-refractivity contribution in [2.24, 2.45) is 0 Å². The van der Waals surface area contributed by atoms with E-state index in [1.807, 2.05) is 0 Å². The Bertz CT molecular complexity index is 922. The molecule has 0 saturated carbocycles. The Kier molecular flexibility index (Phi) is 4.99. The van der Waals surface area contributed by atoms with Gasteiger partial charge in [-0.15, -0.1) is 0 Å². The van der Waals surface area contributed by atoms with Gasteiger partial charge in [-0.3, -0.25) is 4.79 Å². The monoisotopic (exact) mass is 357 g/mol. The minimum Gasteiger partial charge on any atom is -0.454 e. The summed E-state index contributed by atoms with van der Waals surface area (Å²) in [6, 6.07) is 9.86. The molecule has 0 fully saturated rings. The van der Waals surface area contributed by atoms with Crippen LogP contribution in [0.5, 0.6) is 11.5 Å². The van der Waals surface area contributed by atoms with Gasteiger partial charge < -0.3 is 20.1 Å². The number of ether oxygens (including phenoxy) is 2. The Morgan fingerprint density at radius 3 is 2.77 bits per heavy atom. The molecule has 0 radical (unpaired) electrons. The number of nitrogens with one attached hydrogen (secondary N) is 2. The molecule has 0 bridgehead atoms. The summed E-state index contributed by atoms with van der Waals surface area (Å²) in [5.41, 5.74) is 0.453. The van der Waals surface area contributed by atoms with Crippen LogP contribution >= 0.6 is 0 Å². The lowest BCUT2D eigenvalue weighted by molar-refractivity contribution is -0.117. The van der Waals surface area contributed by atoms with Gasteiger partial charge >= 0.3 is 0 Å². The minimum atomic E-state index is -0.834. The van der Waals surface area contributed by atoms with Gasteiger partial charge in [-0.05, 0) is 29.8 Å². The van der Waals surface area contributed by atoms with E-state index in [2.05, 4.69) is 10.6 Å². The maximum Gasteiger partial charge on any atom is 0.263 e. The lowest BCUT2D eigenvalue weighted by Crippen LogP contribution is -2.24. The van der Waals surface area contributed by atoms with Gasteiger partial charge in [-0.2, -0.15) is 5.26 Å². The van der Waals surface area contributed by atoms with Crippen LogP contribution in [-0.4, -0.2) is 12.7 Å². The van der Waals surface area contributed by atoms with E-state index < -0.39 is 17.5 Å². The lowest BCUT2D eigenvalue weighted by Gasteiger charge is -2.07. The topological polar surface area (TPSA) is 83.4 Å². The molecule has 2 aromatic rings. The number of halogens is 2. The molecule has 0 unspecified atom stereocenters. The van der Waals surface area contributed by atoms with Gasteiger partial charge in [0.1, 0.15) is 23.3 Å². The van der Waals surface area contributed by atoms with Crippen molar-refractivity contribution in [2.45, 2.75) is 6.54 Å². The van der Waals surface area contributed by atoms with E-state index in [1.165, 1.54) is 6.07 Å². The quantitative estimate of drug-likeness (QED) is 0.635. The first kappa shape index (κ1) is 17.2. The number of nitrogens with zero attached hydrogens (tertiary/aromatic N) is 1. The number of amides is 1. The largest absolute Gasteiger partial charge is 0.454 e. The number of carbonyl (C=O) groups excluding carboxylic acids is 1. The molecule has 1 aliphatic rings. The predicted molar refractivity (Wildman–Crippen MR) is 88.1 cm³/mol. The maximum atomic E-state index is 13.5. The second-order valence-corrected chi connectivity index (χ2v) is 5.31. The first-order valence-corrected chi connectivity index (χ1v) is 7.55. The van der Waals surface area contributed by atoms with Crippen molar-refractivity contribution in [1.29, 1.82) is 5.26 Å². The second-order valence-electron chi connectivity index (χ2n) is 5.31. The molecule has 0 aliphatic carbocycles. The summed E-state index contributed by atoms with van der Waals surface area (Å²) in [6.45, 7) is 0.317. The maximum absolute atomic E-state index is 13.5. The summed E-state index contributed by atoms with van der Waals surface area (Å²) in [5.74, 6) is -0.983. The molecule has 1 heterocycles. The molecule has 2 N–H and O–H groups in total. The van der Waals surface area contributed by atoms with Crippen LogP contribution in [0, 0.1) is 23.0 Å². The van der Waals surface area contributed by atoms with Gasteiger partial charge in [-0.25, -0.2) is 8.78 Å². The zero-order valence-electron chi connectivity index (χ0n) is 13.4. The van der Waals surface area contributed by atoms with Gasteiger partial charge in [0.15, 0.2) is 11.5 Å². The van der Waals surface area contributed by atoms with Gasteiger partial charge in [0.05, 0.1) is 5.69 Å². The van der Waals surface area contributed by atoms with E-state index in [0.717, 1.165) is 17.8 Å². The number of anilines is 1. The average Bonchev–Trinajstić information content (AvgIpc) is 3.09. The van der Waals surface area contributed by atoms with E-state index >= 15 is 0 Å². The van der Waals surface area contributed by atoms with Crippen LogP contribution in [0.2, 0.25) is 0 Å². The third-order valence-corrected chi connectivity index (χ3v) is 3.56. The van der Waals surface area contributed by atoms with Crippen LogP contribution in [0.3, 0.4) is 0 Å². The number of carbonyl (C=O) groups is 1. The fraction of sp³-hybridized carbons (Fsp3) is 0.111. The SMILES string of the molecule is N#C/C(=C/Nc1ccc(F)cc1F)C(=O)NCc1ccc2c(c1)OCO2. The van der Waals surface area contributed by atoms with Crippen molar-refractivity contribution < 1.29 is 23.0 Å². The fourth-order valence-electron chi connectivity index (χ4n) is 2.23. The molecule has 1 aliphatic heterocycles. The van der Waals surface area contributed by atoms with Gasteiger partial charge in [0, 0.05) is 18.8 Å². The molecule has 26 heavy (non-hydrogen) atoms. The van der Waals surface area contributed by atoms with Crippen molar-refractivity contribution in [3.05, 3.63) is 65.4 Å². The summed E-state index contributed by atoms with van der Waals surface area (Å²) in [6.07, 6.45) is 1.06. The third-order valence-electron chi connectivity index (χ3n) is 3.56. The lowest BCUT2D eigenvalue weighted by atomic mass is 10.2. The van der Waals surface area contributed by atoms with Gasteiger partial charge in [-0.1, -0.05) is 6.07 Å². The number of rotatable bonds is 5. The third kappa shape index (κ3) is 3.89. The number of benzene rings is 2. The van der Waals surface area contributed by atoms with Crippen molar-refractivity contribution in [3.8, 4) is 17.6 Å². The van der Waals surface area contributed by atoms with E-state index in [4.69, 9.17) is 14.7 Å². The summed E-state index contributed by atoms with van der Waals surface area (Å²) in [5, 5.41) is 14.2. The van der Waals surface area contributed by atoms with Crippen LogP contribution in [0.4, 0.5) is 14.5 Å². The highest BCUT2D eigenvalue weighted by Crippen LogP contribution is 2.32. The molecule has 0 saturated heterocycles. The number of hydrogen-bond acceptors (Lipinski definition) is 5. The zero-order chi connectivity index (χ0) is 18.5. The molecular weight excluding hydrogens is 344 g/mol. The summed E-state index contributed by atoms with van der Waals surface area (Å²) < 4.78 is 36.9. The Hall–Kier alpha value is -3.60.